The SMILES string of the molecule is COc1ccc(-n2c(C)cc(/C=N\Nc3nc4ccccc4[nH]3)c2C)cc1. The van der Waals surface area contributed by atoms with Gasteiger partial charge in [0.2, 0.25) is 5.95 Å². The van der Waals surface area contributed by atoms with Crippen LogP contribution in [0, 0.1) is 13.8 Å². The molecule has 136 valence electrons. The number of nitrogens with zero attached hydrogens (tertiary/aromatic N) is 3. The highest BCUT2D eigenvalue weighted by Crippen LogP contribution is 2.22. The standard InChI is InChI=1S/C21H21N5O/c1-14-12-16(15(2)26(14)17-8-10-18(27-3)11-9-17)13-22-25-21-23-19-6-4-5-7-20(19)24-21/h4-13H,1-3H3,(H2,23,24,25)/b22-13-. The van der Waals surface area contributed by atoms with Gasteiger partial charge >= 0.3 is 0 Å². The highest BCUT2D eigenvalue weighted by atomic mass is 16.5. The summed E-state index contributed by atoms with van der Waals surface area (Å²) in [5.41, 5.74) is 9.26. The minimum atomic E-state index is 0.622. The Morgan fingerprint density at radius 1 is 1.11 bits per heavy atom. The van der Waals surface area contributed by atoms with Crippen molar-refractivity contribution in [1.82, 2.24) is 14.5 Å². The number of hydrogen-bond donors (Lipinski definition) is 2. The van der Waals surface area contributed by atoms with E-state index < -0.39 is 0 Å². The van der Waals surface area contributed by atoms with Crippen LogP contribution in [0.3, 0.4) is 0 Å². The van der Waals surface area contributed by atoms with E-state index in [0.29, 0.717) is 5.95 Å². The largest absolute Gasteiger partial charge is 0.497 e. The zero-order valence-corrected chi connectivity index (χ0v) is 15.5. The van der Waals surface area contributed by atoms with E-state index in [1.54, 1.807) is 7.11 Å². The Morgan fingerprint density at radius 2 is 1.89 bits per heavy atom. The third-order valence-electron chi connectivity index (χ3n) is 4.56. The van der Waals surface area contributed by atoms with E-state index in [4.69, 9.17) is 4.74 Å². The zero-order valence-electron chi connectivity index (χ0n) is 15.5. The molecule has 6 nitrogen and oxygen atoms in total. The smallest absolute Gasteiger partial charge is 0.222 e. The zero-order chi connectivity index (χ0) is 18.8. The van der Waals surface area contributed by atoms with Gasteiger partial charge in [0.15, 0.2) is 0 Å². The first-order valence-corrected chi connectivity index (χ1v) is 8.73. The van der Waals surface area contributed by atoms with Crippen molar-refractivity contribution in [2.45, 2.75) is 13.8 Å². The number of H-pyrrole nitrogens is 1. The Kier molecular flexibility index (Phi) is 4.38. The van der Waals surface area contributed by atoms with Gasteiger partial charge in [0.1, 0.15) is 5.75 Å². The molecule has 0 unspecified atom stereocenters. The summed E-state index contributed by atoms with van der Waals surface area (Å²) in [5, 5.41) is 4.34. The molecular weight excluding hydrogens is 338 g/mol. The third-order valence-corrected chi connectivity index (χ3v) is 4.56. The van der Waals surface area contributed by atoms with Crippen molar-refractivity contribution in [2.24, 2.45) is 5.10 Å². The molecule has 0 bridgehead atoms. The molecule has 4 rings (SSSR count). The average molecular weight is 359 g/mol. The minimum absolute atomic E-state index is 0.622. The molecule has 2 aromatic heterocycles. The fourth-order valence-electron chi connectivity index (χ4n) is 3.22. The molecule has 0 spiro atoms. The van der Waals surface area contributed by atoms with Gasteiger partial charge in [-0.05, 0) is 56.3 Å². The lowest BCUT2D eigenvalue weighted by atomic mass is 10.2. The number of nitrogens with one attached hydrogen (secondary N) is 2. The van der Waals surface area contributed by atoms with Crippen LogP contribution >= 0.6 is 0 Å². The summed E-state index contributed by atoms with van der Waals surface area (Å²) in [7, 11) is 1.67. The van der Waals surface area contributed by atoms with E-state index in [1.165, 1.54) is 0 Å². The first kappa shape index (κ1) is 16.9. The molecule has 0 aliphatic heterocycles. The van der Waals surface area contributed by atoms with E-state index in [2.05, 4.69) is 45.0 Å². The molecule has 0 radical (unpaired) electrons. The van der Waals surface area contributed by atoms with Crippen LogP contribution in [0.1, 0.15) is 17.0 Å². The van der Waals surface area contributed by atoms with Crippen LogP contribution in [-0.2, 0) is 0 Å². The molecule has 0 saturated carbocycles. The number of hydrogen-bond acceptors (Lipinski definition) is 4. The molecule has 2 N–H and O–H groups in total. The predicted octanol–water partition coefficient (Wildman–Crippen LogP) is 4.43. The van der Waals surface area contributed by atoms with Crippen LogP contribution in [0.15, 0.2) is 59.7 Å². The summed E-state index contributed by atoms with van der Waals surface area (Å²) in [4.78, 5) is 7.65. The van der Waals surface area contributed by atoms with Crippen LogP contribution in [0.2, 0.25) is 0 Å². The maximum Gasteiger partial charge on any atom is 0.222 e. The van der Waals surface area contributed by atoms with Gasteiger partial charge in [0.05, 0.1) is 24.4 Å². The molecule has 0 saturated heterocycles. The molecule has 0 aliphatic rings. The number of ether oxygens (including phenoxy) is 1. The van der Waals surface area contributed by atoms with Crippen molar-refractivity contribution < 1.29 is 4.74 Å². The maximum atomic E-state index is 5.24. The maximum absolute atomic E-state index is 5.24. The number of aromatic amines is 1. The lowest BCUT2D eigenvalue weighted by Gasteiger charge is -2.10. The van der Waals surface area contributed by atoms with Crippen LogP contribution < -0.4 is 10.2 Å². The molecule has 0 amide bonds. The van der Waals surface area contributed by atoms with Gasteiger partial charge < -0.3 is 14.3 Å². The van der Waals surface area contributed by atoms with Crippen LogP contribution in [-0.4, -0.2) is 27.9 Å². The number of aromatic nitrogens is 3. The second-order valence-electron chi connectivity index (χ2n) is 6.33. The number of fused-ring (bicyclic) bond motifs is 1. The van der Waals surface area contributed by atoms with Crippen molar-refractivity contribution in [2.75, 3.05) is 12.5 Å². The molecule has 0 atom stereocenters. The van der Waals surface area contributed by atoms with Crippen LogP contribution in [0.5, 0.6) is 5.75 Å². The van der Waals surface area contributed by atoms with Crippen LogP contribution in [0.4, 0.5) is 5.95 Å². The summed E-state index contributed by atoms with van der Waals surface area (Å²) < 4.78 is 7.44. The van der Waals surface area contributed by atoms with Gasteiger partial charge in [-0.25, -0.2) is 10.4 Å². The topological polar surface area (TPSA) is 67.2 Å². The second kappa shape index (κ2) is 6.99. The fraction of sp³-hybridized carbons (Fsp3) is 0.143. The van der Waals surface area contributed by atoms with Crippen LogP contribution in [0.25, 0.3) is 16.7 Å². The monoisotopic (exact) mass is 359 g/mol. The Bertz CT molecular complexity index is 1070. The second-order valence-corrected chi connectivity index (χ2v) is 6.33. The first-order chi connectivity index (χ1) is 13.2. The highest BCUT2D eigenvalue weighted by molar-refractivity contribution is 5.83. The van der Waals surface area contributed by atoms with E-state index in [1.807, 2.05) is 54.7 Å². The number of imidazole rings is 1. The average Bonchev–Trinajstić information content (AvgIpc) is 3.22. The van der Waals surface area contributed by atoms with E-state index in [0.717, 1.165) is 39.4 Å². The number of para-hydroxylation sites is 2. The van der Waals surface area contributed by atoms with Crippen molar-refractivity contribution in [1.29, 1.82) is 0 Å². The molecular formula is C21H21N5O. The number of methoxy groups -OCH3 is 1. The van der Waals surface area contributed by atoms with Crippen molar-refractivity contribution >= 4 is 23.2 Å². The summed E-state index contributed by atoms with van der Waals surface area (Å²) in [5.74, 6) is 1.47. The van der Waals surface area contributed by atoms with Gasteiger partial charge in [-0.3, -0.25) is 0 Å². The molecule has 4 aromatic rings. The Hall–Kier alpha value is -3.54. The fourth-order valence-corrected chi connectivity index (χ4v) is 3.22. The van der Waals surface area contributed by atoms with Gasteiger partial charge in [0, 0.05) is 22.6 Å². The predicted molar refractivity (Wildman–Crippen MR) is 109 cm³/mol. The molecule has 27 heavy (non-hydrogen) atoms. The lowest BCUT2D eigenvalue weighted by molar-refractivity contribution is 0.414. The van der Waals surface area contributed by atoms with Gasteiger partial charge in [0.25, 0.3) is 0 Å². The summed E-state index contributed by atoms with van der Waals surface area (Å²) in [6.07, 6.45) is 1.82. The number of hydrazone groups is 1. The molecule has 2 aromatic carbocycles. The molecule has 6 heteroatoms. The van der Waals surface area contributed by atoms with Gasteiger partial charge in [-0.15, -0.1) is 0 Å². The quantitative estimate of drug-likeness (QED) is 0.409. The summed E-state index contributed by atoms with van der Waals surface area (Å²) in [6.45, 7) is 4.17. The van der Waals surface area contributed by atoms with Crippen molar-refractivity contribution in [3.05, 3.63) is 71.5 Å². The molecule has 0 aliphatic carbocycles. The van der Waals surface area contributed by atoms with E-state index in [9.17, 15) is 0 Å². The summed E-state index contributed by atoms with van der Waals surface area (Å²) in [6, 6.07) is 18.0. The Morgan fingerprint density at radius 3 is 2.63 bits per heavy atom. The highest BCUT2D eigenvalue weighted by Gasteiger charge is 2.09. The van der Waals surface area contributed by atoms with Gasteiger partial charge in [-0.2, -0.15) is 5.10 Å². The number of rotatable bonds is 5. The summed E-state index contributed by atoms with van der Waals surface area (Å²) >= 11 is 0. The van der Waals surface area contributed by atoms with Crippen molar-refractivity contribution in [3.8, 4) is 11.4 Å². The normalized spacial score (nSPS) is 11.4. The van der Waals surface area contributed by atoms with Gasteiger partial charge in [-0.1, -0.05) is 12.1 Å². The number of anilines is 1. The van der Waals surface area contributed by atoms with Crippen molar-refractivity contribution in [3.63, 3.8) is 0 Å². The Labute approximate surface area is 157 Å². The molecule has 0 fully saturated rings. The van der Waals surface area contributed by atoms with E-state index in [-0.39, 0.29) is 0 Å². The Balaban J connectivity index is 1.56. The van der Waals surface area contributed by atoms with E-state index >= 15 is 0 Å². The third kappa shape index (κ3) is 3.29. The minimum Gasteiger partial charge on any atom is -0.497 e. The lowest BCUT2D eigenvalue weighted by Crippen LogP contribution is -2.00. The number of aryl methyl sites for hydroxylation is 1. The number of benzene rings is 2. The molecule has 2 heterocycles. The first-order valence-electron chi connectivity index (χ1n) is 8.73.